The molecule has 2 unspecified atom stereocenters. The molecule has 0 fully saturated rings. The van der Waals surface area contributed by atoms with Crippen LogP contribution in [0.4, 0.5) is 0 Å². The molecule has 3 aliphatic rings. The molecule has 0 radical (unpaired) electrons. The third-order valence-electron chi connectivity index (χ3n) is 3.39. The van der Waals surface area contributed by atoms with E-state index in [2.05, 4.69) is 61.7 Å². The Kier molecular flexibility index (Phi) is 2.53. The van der Waals surface area contributed by atoms with Gasteiger partial charge in [0.05, 0.1) is 7.06 Å². The molecule has 2 aliphatic carbocycles. The van der Waals surface area contributed by atoms with Crippen molar-refractivity contribution in [3.63, 3.8) is 0 Å². The van der Waals surface area contributed by atoms with Crippen LogP contribution >= 0.6 is 7.06 Å². The zero-order chi connectivity index (χ0) is 11.1. The lowest BCUT2D eigenvalue weighted by Gasteiger charge is -2.09. The van der Waals surface area contributed by atoms with E-state index in [9.17, 15) is 0 Å². The molecule has 80 valence electrons. The maximum absolute atomic E-state index is 2.53. The van der Waals surface area contributed by atoms with Gasteiger partial charge in [-0.1, -0.05) is 36.5 Å². The fourth-order valence-corrected chi connectivity index (χ4v) is 10.2. The van der Waals surface area contributed by atoms with Gasteiger partial charge in [-0.25, -0.2) is 0 Å². The summed E-state index contributed by atoms with van der Waals surface area (Å²) in [6, 6.07) is 0. The van der Waals surface area contributed by atoms with Crippen LogP contribution < -0.4 is 0 Å². The van der Waals surface area contributed by atoms with Crippen LogP contribution in [0.2, 0.25) is 13.1 Å². The standard InChI is InChI=1S/C14H16PSi/c1-16(2)15-13-9-5-8-12(13)10-14(15)11-6-3-4-7-11/h3-11,14H,1-2H3/q+1. The molecule has 0 aromatic rings. The Bertz CT molecular complexity index is 499. The van der Waals surface area contributed by atoms with E-state index in [0.717, 1.165) is 5.66 Å². The van der Waals surface area contributed by atoms with Gasteiger partial charge in [-0.15, -0.1) is 0 Å². The van der Waals surface area contributed by atoms with Crippen LogP contribution in [-0.2, 0) is 0 Å². The SMILES string of the molecule is C[Si](C)=[P+]1C2=CC=CC2=CC1C1C=CC=C1. The maximum Gasteiger partial charge on any atom is 0.248 e. The third-order valence-corrected chi connectivity index (χ3v) is 10.9. The average Bonchev–Trinajstić information content (AvgIpc) is 2.92. The molecule has 0 saturated carbocycles. The molecule has 1 heterocycles. The highest BCUT2D eigenvalue weighted by Gasteiger charge is 2.40. The Morgan fingerprint density at radius 2 is 1.88 bits per heavy atom. The van der Waals surface area contributed by atoms with E-state index in [1.54, 1.807) is 5.31 Å². The van der Waals surface area contributed by atoms with E-state index in [4.69, 9.17) is 0 Å². The minimum absolute atomic E-state index is 0.0864. The first kappa shape index (κ1) is 10.4. The van der Waals surface area contributed by atoms with Crippen molar-refractivity contribution < 1.29 is 0 Å². The highest BCUT2D eigenvalue weighted by Crippen LogP contribution is 2.56. The lowest BCUT2D eigenvalue weighted by molar-refractivity contribution is 0.862. The molecule has 0 nitrogen and oxygen atoms in total. The molecule has 0 saturated heterocycles. The molecule has 0 bridgehead atoms. The number of allylic oxidation sites excluding steroid dienone is 10. The zero-order valence-electron chi connectivity index (χ0n) is 9.72. The molecule has 1 aliphatic heterocycles. The van der Waals surface area contributed by atoms with Crippen LogP contribution in [0.15, 0.2) is 59.5 Å². The summed E-state index contributed by atoms with van der Waals surface area (Å²) in [5, 5.41) is 1.67. The molecular formula is C14H16PSi+. The van der Waals surface area contributed by atoms with Crippen LogP contribution in [0.25, 0.3) is 0 Å². The summed E-state index contributed by atoms with van der Waals surface area (Å²) in [5.41, 5.74) is 2.30. The van der Waals surface area contributed by atoms with Gasteiger partial charge < -0.3 is 0 Å². The highest BCUT2D eigenvalue weighted by atomic mass is 31.2. The van der Waals surface area contributed by atoms with Gasteiger partial charge in [-0.3, -0.25) is 0 Å². The number of fused-ring (bicyclic) bond motifs is 1. The lowest BCUT2D eigenvalue weighted by atomic mass is 10.1. The van der Waals surface area contributed by atoms with Crippen LogP contribution in [0.5, 0.6) is 0 Å². The Morgan fingerprint density at radius 3 is 2.56 bits per heavy atom. The summed E-state index contributed by atoms with van der Waals surface area (Å²) in [4.78, 5) is 0. The predicted molar refractivity (Wildman–Crippen MR) is 75.3 cm³/mol. The van der Waals surface area contributed by atoms with E-state index in [-0.39, 0.29) is 15.1 Å². The normalized spacial score (nSPS) is 28.6. The minimum Gasteiger partial charge on any atom is -0.0730 e. The molecule has 0 aromatic carbocycles. The van der Waals surface area contributed by atoms with Gasteiger partial charge in [0.15, 0.2) is 0 Å². The van der Waals surface area contributed by atoms with Crippen LogP contribution in [0.3, 0.4) is 0 Å². The molecule has 0 aromatic heterocycles. The van der Waals surface area contributed by atoms with Gasteiger partial charge in [0, 0.05) is 11.5 Å². The zero-order valence-corrected chi connectivity index (χ0v) is 11.6. The number of rotatable bonds is 1. The van der Waals surface area contributed by atoms with E-state index >= 15 is 0 Å². The summed E-state index contributed by atoms with van der Waals surface area (Å²) in [6.45, 7) is 4.95. The van der Waals surface area contributed by atoms with Gasteiger partial charge >= 0.3 is 0 Å². The lowest BCUT2D eigenvalue weighted by Crippen LogP contribution is -2.08. The van der Waals surface area contributed by atoms with Crippen LogP contribution in [0, 0.1) is 5.92 Å². The second kappa shape index (κ2) is 3.91. The second-order valence-corrected chi connectivity index (χ2v) is 12.5. The van der Waals surface area contributed by atoms with Crippen molar-refractivity contribution in [2.75, 3.05) is 0 Å². The van der Waals surface area contributed by atoms with E-state index in [1.807, 2.05) is 0 Å². The first-order chi connectivity index (χ1) is 7.77. The molecule has 0 spiro atoms. The Hall–Kier alpha value is -0.783. The van der Waals surface area contributed by atoms with E-state index in [1.165, 1.54) is 5.57 Å². The van der Waals surface area contributed by atoms with Crippen LogP contribution in [0.1, 0.15) is 0 Å². The molecule has 2 atom stereocenters. The third kappa shape index (κ3) is 1.50. The Labute approximate surface area is 99.5 Å². The van der Waals surface area contributed by atoms with Crippen molar-refractivity contribution in [1.82, 2.24) is 0 Å². The number of hydrogen-bond acceptors (Lipinski definition) is 0. The number of hydrogen-bond donors (Lipinski definition) is 0. The first-order valence-corrected chi connectivity index (χ1v) is 10.6. The highest BCUT2D eigenvalue weighted by molar-refractivity contribution is 7.73. The molecule has 16 heavy (non-hydrogen) atoms. The summed E-state index contributed by atoms with van der Waals surface area (Å²) in [5.74, 6) is 0.665. The minimum atomic E-state index is -0.213. The van der Waals surface area contributed by atoms with Crippen molar-refractivity contribution >= 4 is 15.1 Å². The quantitative estimate of drug-likeness (QED) is 0.477. The van der Waals surface area contributed by atoms with Gasteiger partial charge in [0.2, 0.25) is 8.05 Å². The smallest absolute Gasteiger partial charge is 0.0730 e. The van der Waals surface area contributed by atoms with E-state index < -0.39 is 0 Å². The fourth-order valence-electron chi connectivity index (χ4n) is 2.70. The summed E-state index contributed by atoms with van der Waals surface area (Å²) in [6.07, 6.45) is 18.5. The van der Waals surface area contributed by atoms with Gasteiger partial charge in [-0.05, 0) is 25.2 Å². The Morgan fingerprint density at radius 1 is 1.12 bits per heavy atom. The van der Waals surface area contributed by atoms with Gasteiger partial charge in [0.1, 0.15) is 11.0 Å². The summed E-state index contributed by atoms with van der Waals surface area (Å²) < 4.78 is 0. The van der Waals surface area contributed by atoms with Crippen molar-refractivity contribution in [2.45, 2.75) is 18.8 Å². The topological polar surface area (TPSA) is 0 Å². The average molecular weight is 243 g/mol. The molecule has 3 rings (SSSR count). The molecular weight excluding hydrogens is 227 g/mol. The Balaban J connectivity index is 2.06. The van der Waals surface area contributed by atoms with Crippen molar-refractivity contribution in [1.29, 1.82) is 0 Å². The predicted octanol–water partition coefficient (Wildman–Crippen LogP) is 4.22. The van der Waals surface area contributed by atoms with Gasteiger partial charge in [-0.2, -0.15) is 0 Å². The van der Waals surface area contributed by atoms with Crippen molar-refractivity contribution in [3.05, 3.63) is 59.5 Å². The van der Waals surface area contributed by atoms with Crippen molar-refractivity contribution in [3.8, 4) is 0 Å². The fraction of sp³-hybridized carbons (Fsp3) is 0.286. The van der Waals surface area contributed by atoms with E-state index in [0.29, 0.717) is 5.92 Å². The molecule has 2 heteroatoms. The second-order valence-electron chi connectivity index (χ2n) is 4.69. The molecule has 0 amide bonds. The van der Waals surface area contributed by atoms with Crippen LogP contribution in [-0.4, -0.2) is 13.7 Å². The monoisotopic (exact) mass is 243 g/mol. The maximum atomic E-state index is 2.53. The summed E-state index contributed by atoms with van der Waals surface area (Å²) >= 11 is 0. The first-order valence-electron chi connectivity index (χ1n) is 5.82. The molecule has 0 N–H and O–H groups in total. The van der Waals surface area contributed by atoms with Crippen molar-refractivity contribution in [2.24, 2.45) is 5.92 Å². The van der Waals surface area contributed by atoms with Gasteiger partial charge in [0.25, 0.3) is 0 Å². The summed E-state index contributed by atoms with van der Waals surface area (Å²) in [7, 11) is -0.127. The largest absolute Gasteiger partial charge is 0.248 e.